The third-order valence-electron chi connectivity index (χ3n) is 1.65. The summed E-state index contributed by atoms with van der Waals surface area (Å²) in [6, 6.07) is -0.888. The summed E-state index contributed by atoms with van der Waals surface area (Å²) in [6.45, 7) is 3.57. The molecule has 2 atom stereocenters. The minimum absolute atomic E-state index is 0.605. The Labute approximate surface area is 66.0 Å². The molecule has 0 unspecified atom stereocenters. The van der Waals surface area contributed by atoms with Gasteiger partial charge in [-0.25, -0.2) is 0 Å². The van der Waals surface area contributed by atoms with Crippen LogP contribution in [0.4, 0.5) is 0 Å². The Morgan fingerprint density at radius 1 is 1.90 bits per heavy atom. The number of rotatable bonds is 3. The average molecular weight is 163 g/mol. The van der Waals surface area contributed by atoms with Crippen molar-refractivity contribution in [3.8, 4) is 0 Å². The lowest BCUT2D eigenvalue weighted by Gasteiger charge is -2.25. The van der Waals surface area contributed by atoms with Gasteiger partial charge < -0.3 is 10.8 Å². The summed E-state index contributed by atoms with van der Waals surface area (Å²) in [4.78, 5) is 10.3. The van der Waals surface area contributed by atoms with Gasteiger partial charge in [0.1, 0.15) is 6.04 Å². The average Bonchev–Trinajstić information content (AvgIpc) is 1.86. The number of carbonyl (C=O) groups is 1. The van der Waals surface area contributed by atoms with Crippen molar-refractivity contribution in [2.45, 2.75) is 31.1 Å². The molecule has 0 radical (unpaired) electrons. The largest absolute Gasteiger partial charge is 0.480 e. The van der Waals surface area contributed by atoms with E-state index in [9.17, 15) is 4.79 Å². The Balaban J connectivity index is 4.17. The summed E-state index contributed by atoms with van der Waals surface area (Å²) < 4.78 is -0.605. The van der Waals surface area contributed by atoms with Crippen molar-refractivity contribution in [1.29, 1.82) is 0 Å². The molecule has 0 aliphatic heterocycles. The lowest BCUT2D eigenvalue weighted by molar-refractivity contribution is -0.139. The second-order valence-corrected chi connectivity index (χ2v) is 3.55. The maximum atomic E-state index is 10.3. The summed E-state index contributed by atoms with van der Waals surface area (Å²) in [5.41, 5.74) is 5.33. The smallest absolute Gasteiger partial charge is 0.321 e. The first kappa shape index (κ1) is 9.78. The van der Waals surface area contributed by atoms with Crippen molar-refractivity contribution in [2.75, 3.05) is 0 Å². The molecule has 4 heteroatoms. The minimum Gasteiger partial charge on any atom is -0.480 e. The molecule has 0 amide bonds. The number of carboxylic acids is 1. The molecule has 0 aromatic carbocycles. The second kappa shape index (κ2) is 3.25. The Morgan fingerprint density at radius 2 is 2.30 bits per heavy atom. The zero-order chi connectivity index (χ0) is 8.36. The van der Waals surface area contributed by atoms with Gasteiger partial charge in [0.25, 0.3) is 0 Å². The van der Waals surface area contributed by atoms with E-state index in [1.54, 1.807) is 6.92 Å². The highest BCUT2D eigenvalue weighted by Gasteiger charge is 2.30. The molecule has 0 saturated heterocycles. The van der Waals surface area contributed by atoms with Gasteiger partial charge in [0.15, 0.2) is 0 Å². The van der Waals surface area contributed by atoms with E-state index in [0.29, 0.717) is 6.42 Å². The molecule has 0 rings (SSSR count). The van der Waals surface area contributed by atoms with Crippen LogP contribution in [-0.2, 0) is 4.79 Å². The van der Waals surface area contributed by atoms with Crippen LogP contribution in [0, 0.1) is 0 Å². The van der Waals surface area contributed by atoms with Crippen LogP contribution in [0.5, 0.6) is 0 Å². The van der Waals surface area contributed by atoms with E-state index in [4.69, 9.17) is 10.8 Å². The van der Waals surface area contributed by atoms with E-state index in [-0.39, 0.29) is 0 Å². The van der Waals surface area contributed by atoms with Crippen molar-refractivity contribution >= 4 is 18.6 Å². The summed E-state index contributed by atoms with van der Waals surface area (Å²) >= 11 is 4.12. The van der Waals surface area contributed by atoms with Crippen molar-refractivity contribution in [3.63, 3.8) is 0 Å². The fourth-order valence-corrected chi connectivity index (χ4v) is 0.596. The molecule has 0 saturated carbocycles. The van der Waals surface area contributed by atoms with Gasteiger partial charge in [-0.2, -0.15) is 12.6 Å². The Hall–Kier alpha value is -0.220. The van der Waals surface area contributed by atoms with Gasteiger partial charge >= 0.3 is 5.97 Å². The Morgan fingerprint density at radius 3 is 2.40 bits per heavy atom. The standard InChI is InChI=1S/C6H13NO2S/c1-3-6(2,10)4(7)5(8)9/h4,10H,3,7H2,1-2H3,(H,8,9)/t4-,6+/m0/s1. The zero-order valence-corrected chi connectivity index (χ0v) is 7.06. The maximum absolute atomic E-state index is 10.3. The number of aliphatic carboxylic acids is 1. The van der Waals surface area contributed by atoms with Gasteiger partial charge in [-0.05, 0) is 13.3 Å². The van der Waals surface area contributed by atoms with Crippen molar-refractivity contribution in [3.05, 3.63) is 0 Å². The predicted molar refractivity (Wildman–Crippen MR) is 43.3 cm³/mol. The molecular weight excluding hydrogens is 150 g/mol. The molecule has 0 aliphatic carbocycles. The molecule has 0 spiro atoms. The summed E-state index contributed by atoms with van der Waals surface area (Å²) in [5, 5.41) is 8.47. The monoisotopic (exact) mass is 163 g/mol. The van der Waals surface area contributed by atoms with Crippen LogP contribution in [0.2, 0.25) is 0 Å². The Bertz CT molecular complexity index is 136. The minimum atomic E-state index is -1.00. The second-order valence-electron chi connectivity index (χ2n) is 2.53. The van der Waals surface area contributed by atoms with Crippen LogP contribution in [0.3, 0.4) is 0 Å². The van der Waals surface area contributed by atoms with Gasteiger partial charge in [-0.3, -0.25) is 4.79 Å². The van der Waals surface area contributed by atoms with Crippen LogP contribution >= 0.6 is 12.6 Å². The lowest BCUT2D eigenvalue weighted by Crippen LogP contribution is -2.46. The van der Waals surface area contributed by atoms with E-state index in [2.05, 4.69) is 12.6 Å². The number of hydrogen-bond donors (Lipinski definition) is 3. The van der Waals surface area contributed by atoms with Gasteiger partial charge in [0, 0.05) is 4.75 Å². The van der Waals surface area contributed by atoms with Crippen LogP contribution in [-0.4, -0.2) is 21.9 Å². The number of nitrogens with two attached hydrogens (primary N) is 1. The maximum Gasteiger partial charge on any atom is 0.321 e. The van der Waals surface area contributed by atoms with E-state index in [1.165, 1.54) is 0 Å². The van der Waals surface area contributed by atoms with Crippen LogP contribution in [0.15, 0.2) is 0 Å². The summed E-state index contributed by atoms with van der Waals surface area (Å²) in [5.74, 6) is -1.00. The summed E-state index contributed by atoms with van der Waals surface area (Å²) in [6.07, 6.45) is 0.642. The van der Waals surface area contributed by atoms with Crippen molar-refractivity contribution in [2.24, 2.45) is 5.73 Å². The molecule has 60 valence electrons. The van der Waals surface area contributed by atoms with Crippen LogP contribution in [0.1, 0.15) is 20.3 Å². The fourth-order valence-electron chi connectivity index (χ4n) is 0.486. The highest BCUT2D eigenvalue weighted by Crippen LogP contribution is 2.21. The first-order valence-electron chi connectivity index (χ1n) is 3.12. The van der Waals surface area contributed by atoms with Crippen molar-refractivity contribution < 1.29 is 9.90 Å². The highest BCUT2D eigenvalue weighted by atomic mass is 32.1. The number of hydrogen-bond acceptors (Lipinski definition) is 3. The molecule has 3 nitrogen and oxygen atoms in total. The molecule has 0 aliphatic rings. The van der Waals surface area contributed by atoms with E-state index in [0.717, 1.165) is 0 Å². The molecule has 0 aromatic rings. The predicted octanol–water partition coefficient (Wildman–Crippen LogP) is 0.497. The van der Waals surface area contributed by atoms with Crippen LogP contribution in [0.25, 0.3) is 0 Å². The quantitative estimate of drug-likeness (QED) is 0.531. The molecule has 3 N–H and O–H groups in total. The van der Waals surface area contributed by atoms with Crippen LogP contribution < -0.4 is 5.73 Å². The number of thiol groups is 1. The zero-order valence-electron chi connectivity index (χ0n) is 6.16. The van der Waals surface area contributed by atoms with E-state index < -0.39 is 16.8 Å². The third kappa shape index (κ3) is 2.19. The lowest BCUT2D eigenvalue weighted by atomic mass is 9.99. The topological polar surface area (TPSA) is 63.3 Å². The third-order valence-corrected chi connectivity index (χ3v) is 2.25. The Kier molecular flexibility index (Phi) is 3.18. The van der Waals surface area contributed by atoms with E-state index in [1.807, 2.05) is 6.92 Å². The normalized spacial score (nSPS) is 19.6. The van der Waals surface area contributed by atoms with Gasteiger partial charge in [-0.15, -0.1) is 0 Å². The first-order valence-corrected chi connectivity index (χ1v) is 3.57. The summed E-state index contributed by atoms with van der Waals surface area (Å²) in [7, 11) is 0. The van der Waals surface area contributed by atoms with Gasteiger partial charge in [-0.1, -0.05) is 6.92 Å². The molecule has 10 heavy (non-hydrogen) atoms. The molecule has 0 aromatic heterocycles. The number of carboxylic acid groups (broad SMARTS) is 1. The molecule has 0 bridgehead atoms. The first-order chi connectivity index (χ1) is 4.41. The molecule has 0 fully saturated rings. The fraction of sp³-hybridized carbons (Fsp3) is 0.833. The molecule has 0 heterocycles. The van der Waals surface area contributed by atoms with Gasteiger partial charge in [0.2, 0.25) is 0 Å². The molecular formula is C6H13NO2S. The van der Waals surface area contributed by atoms with Gasteiger partial charge in [0.05, 0.1) is 0 Å². The van der Waals surface area contributed by atoms with Crippen molar-refractivity contribution in [1.82, 2.24) is 0 Å². The van der Waals surface area contributed by atoms with E-state index >= 15 is 0 Å². The highest BCUT2D eigenvalue weighted by molar-refractivity contribution is 7.81. The SMILES string of the molecule is CC[C@@](C)(S)[C@@H](N)C(=O)O.